The molecule has 0 saturated heterocycles. The van der Waals surface area contributed by atoms with Crippen LogP contribution in [-0.2, 0) is 12.7 Å². The van der Waals surface area contributed by atoms with Gasteiger partial charge in [-0.3, -0.25) is 0 Å². The number of nitrogens with one attached hydrogen (secondary N) is 1. The number of benzene rings is 3. The van der Waals surface area contributed by atoms with Crippen molar-refractivity contribution < 1.29 is 17.6 Å². The molecule has 0 unspecified atom stereocenters. The molecule has 1 heterocycles. The van der Waals surface area contributed by atoms with Gasteiger partial charge in [-0.2, -0.15) is 13.2 Å². The Balaban J connectivity index is 1.53. The first kappa shape index (κ1) is 17.2. The van der Waals surface area contributed by atoms with Crippen molar-refractivity contribution in [3.05, 3.63) is 90.2 Å². The van der Waals surface area contributed by atoms with Crippen LogP contribution in [-0.4, -0.2) is 0 Å². The van der Waals surface area contributed by atoms with Crippen LogP contribution in [0, 0.1) is 0 Å². The molecule has 0 aliphatic heterocycles. The standard InChI is InChI=1S/C22H16F3NO/c23-22(24,25)17-8-3-7-16(13-17)21-12-11-18(27-21)14-26-20-10-4-6-15-5-1-2-9-19(15)20/h1-13,26H,14H2. The van der Waals surface area contributed by atoms with E-state index in [2.05, 4.69) is 5.32 Å². The third-order valence-electron chi connectivity index (χ3n) is 4.38. The van der Waals surface area contributed by atoms with Crippen molar-refractivity contribution in [2.75, 3.05) is 5.32 Å². The van der Waals surface area contributed by atoms with Crippen molar-refractivity contribution in [2.45, 2.75) is 12.7 Å². The minimum Gasteiger partial charge on any atom is -0.459 e. The first-order chi connectivity index (χ1) is 13.0. The van der Waals surface area contributed by atoms with Crippen LogP contribution in [0.25, 0.3) is 22.1 Å². The van der Waals surface area contributed by atoms with Crippen LogP contribution >= 0.6 is 0 Å². The monoisotopic (exact) mass is 367 g/mol. The van der Waals surface area contributed by atoms with E-state index in [1.807, 2.05) is 42.5 Å². The minimum atomic E-state index is -4.37. The highest BCUT2D eigenvalue weighted by atomic mass is 19.4. The molecule has 0 aliphatic rings. The number of fused-ring (bicyclic) bond motifs is 1. The predicted molar refractivity (Wildman–Crippen MR) is 100 cm³/mol. The molecule has 5 heteroatoms. The normalized spacial score (nSPS) is 11.7. The van der Waals surface area contributed by atoms with Gasteiger partial charge < -0.3 is 9.73 Å². The van der Waals surface area contributed by atoms with Crippen LogP contribution in [0.3, 0.4) is 0 Å². The highest BCUT2D eigenvalue weighted by molar-refractivity contribution is 5.93. The van der Waals surface area contributed by atoms with E-state index < -0.39 is 11.7 Å². The number of rotatable bonds is 4. The van der Waals surface area contributed by atoms with Gasteiger partial charge in [0.05, 0.1) is 12.1 Å². The van der Waals surface area contributed by atoms with Gasteiger partial charge in [0.2, 0.25) is 0 Å². The molecule has 1 aromatic heterocycles. The van der Waals surface area contributed by atoms with Crippen molar-refractivity contribution in [3.8, 4) is 11.3 Å². The lowest BCUT2D eigenvalue weighted by atomic mass is 10.1. The van der Waals surface area contributed by atoms with Gasteiger partial charge in [-0.1, -0.05) is 48.5 Å². The molecule has 1 N–H and O–H groups in total. The summed E-state index contributed by atoms with van der Waals surface area (Å²) in [6, 6.07) is 22.6. The Morgan fingerprint density at radius 3 is 2.44 bits per heavy atom. The molecule has 0 aliphatic carbocycles. The van der Waals surface area contributed by atoms with Gasteiger partial charge in [0.25, 0.3) is 0 Å². The number of anilines is 1. The summed E-state index contributed by atoms with van der Waals surface area (Å²) in [5.41, 5.74) is 0.693. The van der Waals surface area contributed by atoms with E-state index in [0.717, 1.165) is 28.6 Å². The molecule has 0 amide bonds. The molecule has 0 bridgehead atoms. The van der Waals surface area contributed by atoms with Gasteiger partial charge in [-0.05, 0) is 35.7 Å². The van der Waals surface area contributed by atoms with Crippen LogP contribution < -0.4 is 5.32 Å². The summed E-state index contributed by atoms with van der Waals surface area (Å²) in [6.07, 6.45) is -4.37. The fraction of sp³-hybridized carbons (Fsp3) is 0.0909. The van der Waals surface area contributed by atoms with Gasteiger partial charge in [0.15, 0.2) is 0 Å². The number of halogens is 3. The van der Waals surface area contributed by atoms with Crippen molar-refractivity contribution in [2.24, 2.45) is 0 Å². The molecule has 0 atom stereocenters. The van der Waals surface area contributed by atoms with Crippen LogP contribution in [0.5, 0.6) is 0 Å². The second kappa shape index (κ2) is 6.83. The summed E-state index contributed by atoms with van der Waals surface area (Å²) in [7, 11) is 0. The van der Waals surface area contributed by atoms with Crippen LogP contribution in [0.2, 0.25) is 0 Å². The molecule has 3 aromatic carbocycles. The molecule has 0 radical (unpaired) electrons. The first-order valence-corrected chi connectivity index (χ1v) is 8.49. The van der Waals surface area contributed by atoms with Crippen molar-refractivity contribution in [1.82, 2.24) is 0 Å². The van der Waals surface area contributed by atoms with Gasteiger partial charge in [0.1, 0.15) is 11.5 Å². The van der Waals surface area contributed by atoms with E-state index >= 15 is 0 Å². The lowest BCUT2D eigenvalue weighted by Gasteiger charge is -2.09. The summed E-state index contributed by atoms with van der Waals surface area (Å²) in [5, 5.41) is 5.56. The average Bonchev–Trinajstić information content (AvgIpc) is 3.15. The SMILES string of the molecule is FC(F)(F)c1cccc(-c2ccc(CNc3cccc4ccccc34)o2)c1. The average molecular weight is 367 g/mol. The van der Waals surface area contributed by atoms with E-state index in [4.69, 9.17) is 4.42 Å². The molecule has 2 nitrogen and oxygen atoms in total. The number of furan rings is 1. The molecule has 0 saturated carbocycles. The van der Waals surface area contributed by atoms with Gasteiger partial charge >= 0.3 is 6.18 Å². The van der Waals surface area contributed by atoms with Gasteiger partial charge in [-0.15, -0.1) is 0 Å². The summed E-state index contributed by atoms with van der Waals surface area (Å²) in [4.78, 5) is 0. The molecular weight excluding hydrogens is 351 g/mol. The van der Waals surface area contributed by atoms with Crippen LogP contribution in [0.4, 0.5) is 18.9 Å². The largest absolute Gasteiger partial charge is 0.459 e. The molecule has 27 heavy (non-hydrogen) atoms. The topological polar surface area (TPSA) is 25.2 Å². The maximum absolute atomic E-state index is 12.9. The molecule has 136 valence electrons. The quantitative estimate of drug-likeness (QED) is 0.432. The Morgan fingerprint density at radius 2 is 1.59 bits per heavy atom. The zero-order valence-corrected chi connectivity index (χ0v) is 14.3. The Morgan fingerprint density at radius 1 is 0.815 bits per heavy atom. The summed E-state index contributed by atoms with van der Waals surface area (Å²) >= 11 is 0. The Labute approximate surface area is 154 Å². The van der Waals surface area contributed by atoms with Crippen molar-refractivity contribution >= 4 is 16.5 Å². The molecular formula is C22H16F3NO. The second-order valence-electron chi connectivity index (χ2n) is 6.22. The Kier molecular flexibility index (Phi) is 4.36. The number of hydrogen-bond acceptors (Lipinski definition) is 2. The van der Waals surface area contributed by atoms with Crippen molar-refractivity contribution in [3.63, 3.8) is 0 Å². The minimum absolute atomic E-state index is 0.404. The zero-order chi connectivity index (χ0) is 18.9. The highest BCUT2D eigenvalue weighted by Gasteiger charge is 2.30. The third kappa shape index (κ3) is 3.67. The third-order valence-corrected chi connectivity index (χ3v) is 4.38. The summed E-state index contributed by atoms with van der Waals surface area (Å²) in [5.74, 6) is 1.06. The van der Waals surface area contributed by atoms with Gasteiger partial charge in [-0.25, -0.2) is 0 Å². The lowest BCUT2D eigenvalue weighted by Crippen LogP contribution is -2.04. The smallest absolute Gasteiger partial charge is 0.416 e. The van der Waals surface area contributed by atoms with Crippen molar-refractivity contribution in [1.29, 1.82) is 0 Å². The summed E-state index contributed by atoms with van der Waals surface area (Å²) in [6.45, 7) is 0.437. The fourth-order valence-electron chi connectivity index (χ4n) is 3.04. The number of alkyl halides is 3. The maximum Gasteiger partial charge on any atom is 0.416 e. The van der Waals surface area contributed by atoms with E-state index in [9.17, 15) is 13.2 Å². The van der Waals surface area contributed by atoms with Crippen LogP contribution in [0.15, 0.2) is 83.3 Å². The zero-order valence-electron chi connectivity index (χ0n) is 14.3. The van der Waals surface area contributed by atoms with E-state index in [-0.39, 0.29) is 0 Å². The van der Waals surface area contributed by atoms with E-state index in [1.54, 1.807) is 18.2 Å². The van der Waals surface area contributed by atoms with Crippen LogP contribution in [0.1, 0.15) is 11.3 Å². The molecule has 4 rings (SSSR count). The van der Waals surface area contributed by atoms with Gasteiger partial charge in [0, 0.05) is 16.6 Å². The number of hydrogen-bond donors (Lipinski definition) is 1. The molecule has 4 aromatic rings. The Bertz CT molecular complexity index is 1080. The first-order valence-electron chi connectivity index (χ1n) is 8.49. The summed E-state index contributed by atoms with van der Waals surface area (Å²) < 4.78 is 44.4. The van der Waals surface area contributed by atoms with E-state index in [1.165, 1.54) is 6.07 Å². The highest BCUT2D eigenvalue weighted by Crippen LogP contribution is 2.33. The second-order valence-corrected chi connectivity index (χ2v) is 6.22. The molecule has 0 spiro atoms. The fourth-order valence-corrected chi connectivity index (χ4v) is 3.04. The lowest BCUT2D eigenvalue weighted by molar-refractivity contribution is -0.137. The predicted octanol–water partition coefficient (Wildman–Crippen LogP) is 6.73. The molecule has 0 fully saturated rings. The Hall–Kier alpha value is -3.21. The van der Waals surface area contributed by atoms with E-state index in [0.29, 0.717) is 23.6 Å². The maximum atomic E-state index is 12.9.